The minimum atomic E-state index is -0.173. The molecule has 0 atom stereocenters. The summed E-state index contributed by atoms with van der Waals surface area (Å²) in [5, 5.41) is 4.88. The smallest absolute Gasteiger partial charge is 0.0561 e. The number of aromatic nitrogens is 1. The van der Waals surface area contributed by atoms with Crippen LogP contribution in [0.2, 0.25) is 0 Å². The highest BCUT2D eigenvalue weighted by Gasteiger charge is 2.41. The van der Waals surface area contributed by atoms with Crippen LogP contribution in [0.15, 0.2) is 243 Å². The van der Waals surface area contributed by atoms with Crippen LogP contribution in [0.5, 0.6) is 0 Å². The summed E-state index contributed by atoms with van der Waals surface area (Å²) < 4.78 is 2.41. The van der Waals surface area contributed by atoms with Gasteiger partial charge >= 0.3 is 0 Å². The average Bonchev–Trinajstić information content (AvgIpc) is 4.04. The molecule has 0 bridgehead atoms. The van der Waals surface area contributed by atoms with E-state index in [2.05, 4.69) is 266 Å². The topological polar surface area (TPSA) is 8.17 Å². The molecule has 322 valence electrons. The third kappa shape index (κ3) is 6.38. The maximum Gasteiger partial charge on any atom is 0.0561 e. The van der Waals surface area contributed by atoms with Gasteiger partial charge in [0.25, 0.3) is 0 Å². The van der Waals surface area contributed by atoms with Crippen molar-refractivity contribution in [2.24, 2.45) is 0 Å². The summed E-state index contributed by atoms with van der Waals surface area (Å²) in [6.45, 7) is 4.82. The van der Waals surface area contributed by atoms with E-state index in [1.807, 2.05) is 11.3 Å². The maximum atomic E-state index is 2.47. The summed E-state index contributed by atoms with van der Waals surface area (Å²) in [7, 11) is 0. The molecule has 0 unspecified atom stereocenters. The highest BCUT2D eigenvalue weighted by atomic mass is 32.1. The van der Waals surface area contributed by atoms with E-state index in [1.54, 1.807) is 0 Å². The molecule has 2 heterocycles. The maximum absolute atomic E-state index is 2.47. The lowest BCUT2D eigenvalue weighted by atomic mass is 9.79. The lowest BCUT2D eigenvalue weighted by molar-refractivity contribution is 0.663. The summed E-state index contributed by atoms with van der Waals surface area (Å²) in [6.07, 6.45) is 0. The summed E-state index contributed by atoms with van der Waals surface area (Å²) in [6, 6.07) is 89.0. The van der Waals surface area contributed by atoms with E-state index in [-0.39, 0.29) is 5.41 Å². The van der Waals surface area contributed by atoms with Gasteiger partial charge in [0.05, 0.1) is 16.7 Å². The second kappa shape index (κ2) is 16.0. The van der Waals surface area contributed by atoms with Crippen LogP contribution < -0.4 is 4.90 Å². The normalized spacial score (nSPS) is 12.7. The molecule has 1 aliphatic carbocycles. The Balaban J connectivity index is 0.993. The lowest BCUT2D eigenvalue weighted by Gasteiger charge is -2.28. The van der Waals surface area contributed by atoms with Gasteiger partial charge < -0.3 is 9.47 Å². The summed E-state index contributed by atoms with van der Waals surface area (Å²) in [5.74, 6) is 0. The molecule has 12 aromatic rings. The SMILES string of the molecule is CC1(C)c2ccc(-c3ccc(N(c4ccc(-c5ccccc5)cc4)c4ccc5c6ccccc6n(-c6ccccc6)c5c4)c4ccccc34)cc2-c2sc(-c3ccccc3)c(-c3ccccc3)c21. The Labute approximate surface area is 401 Å². The molecular formula is C65H46N2S. The third-order valence-electron chi connectivity index (χ3n) is 14.2. The zero-order chi connectivity index (χ0) is 45.3. The van der Waals surface area contributed by atoms with Gasteiger partial charge in [-0.2, -0.15) is 0 Å². The average molecular weight is 887 g/mol. The Morgan fingerprint density at radius 2 is 0.941 bits per heavy atom. The molecule has 0 saturated carbocycles. The summed E-state index contributed by atoms with van der Waals surface area (Å²) in [5.41, 5.74) is 19.5. The van der Waals surface area contributed by atoms with Crippen molar-refractivity contribution >= 4 is 61.0 Å². The van der Waals surface area contributed by atoms with Gasteiger partial charge in [0.15, 0.2) is 0 Å². The highest BCUT2D eigenvalue weighted by molar-refractivity contribution is 7.20. The van der Waals surface area contributed by atoms with Crippen LogP contribution in [0.1, 0.15) is 25.0 Å². The number of hydrogen-bond acceptors (Lipinski definition) is 2. The van der Waals surface area contributed by atoms with Gasteiger partial charge in [0.2, 0.25) is 0 Å². The van der Waals surface area contributed by atoms with Crippen molar-refractivity contribution in [2.75, 3.05) is 4.90 Å². The molecule has 2 aromatic heterocycles. The zero-order valence-electron chi connectivity index (χ0n) is 37.9. The van der Waals surface area contributed by atoms with Crippen molar-refractivity contribution in [1.29, 1.82) is 0 Å². The van der Waals surface area contributed by atoms with Gasteiger partial charge in [0.1, 0.15) is 0 Å². The van der Waals surface area contributed by atoms with Gasteiger partial charge in [-0.1, -0.05) is 202 Å². The van der Waals surface area contributed by atoms with Crippen LogP contribution >= 0.6 is 11.3 Å². The predicted molar refractivity (Wildman–Crippen MR) is 290 cm³/mol. The van der Waals surface area contributed by atoms with E-state index in [9.17, 15) is 0 Å². The molecule has 10 aromatic carbocycles. The van der Waals surface area contributed by atoms with Crippen LogP contribution in [-0.4, -0.2) is 4.57 Å². The molecule has 0 fully saturated rings. The quantitative estimate of drug-likeness (QED) is 0.148. The van der Waals surface area contributed by atoms with E-state index in [0.29, 0.717) is 0 Å². The number of benzene rings is 10. The number of hydrogen-bond donors (Lipinski definition) is 0. The molecule has 0 saturated heterocycles. The predicted octanol–water partition coefficient (Wildman–Crippen LogP) is 18.4. The lowest BCUT2D eigenvalue weighted by Crippen LogP contribution is -2.15. The Morgan fingerprint density at radius 1 is 0.382 bits per heavy atom. The van der Waals surface area contributed by atoms with Crippen molar-refractivity contribution < 1.29 is 0 Å². The van der Waals surface area contributed by atoms with E-state index >= 15 is 0 Å². The number of rotatable bonds is 8. The molecule has 13 rings (SSSR count). The van der Waals surface area contributed by atoms with Crippen LogP contribution in [0.4, 0.5) is 17.1 Å². The van der Waals surface area contributed by atoms with Crippen LogP contribution in [-0.2, 0) is 5.41 Å². The Morgan fingerprint density at radius 3 is 1.66 bits per heavy atom. The van der Waals surface area contributed by atoms with Crippen molar-refractivity contribution in [2.45, 2.75) is 19.3 Å². The Bertz CT molecular complexity index is 3850. The number of anilines is 3. The van der Waals surface area contributed by atoms with Gasteiger partial charge in [-0.3, -0.25) is 0 Å². The number of nitrogens with zero attached hydrogens (tertiary/aromatic N) is 2. The number of para-hydroxylation sites is 2. The Hall–Kier alpha value is -8.24. The molecule has 2 nitrogen and oxygen atoms in total. The summed E-state index contributed by atoms with van der Waals surface area (Å²) >= 11 is 1.94. The van der Waals surface area contributed by atoms with E-state index in [4.69, 9.17) is 0 Å². The fourth-order valence-corrected chi connectivity index (χ4v) is 12.5. The van der Waals surface area contributed by atoms with Crippen LogP contribution in [0.25, 0.3) is 92.5 Å². The minimum absolute atomic E-state index is 0.173. The standard InChI is InChI=1S/C65H46N2S/c1-65(2)57-39-33-47(41-56(57)64-62(65)61(45-21-9-4-10-22-45)63(68-64)46-23-11-5-12-24-46)51-38-40-59(53-28-16-15-27-52(51)53)66(49-34-31-44(32-35-49)43-19-7-3-8-20-43)50-36-37-55-54-29-17-18-30-58(54)67(60(55)42-50)48-25-13-6-14-26-48/h3-42H,1-2H3. The van der Waals surface area contributed by atoms with Crippen molar-refractivity contribution in [1.82, 2.24) is 4.57 Å². The van der Waals surface area contributed by atoms with Crippen molar-refractivity contribution in [3.8, 4) is 59.9 Å². The highest BCUT2D eigenvalue weighted by Crippen LogP contribution is 2.60. The second-order valence-corrected chi connectivity index (χ2v) is 19.5. The molecule has 0 spiro atoms. The fourth-order valence-electron chi connectivity index (χ4n) is 11.0. The number of fused-ring (bicyclic) bond motifs is 7. The van der Waals surface area contributed by atoms with Crippen molar-refractivity contribution in [3.63, 3.8) is 0 Å². The van der Waals surface area contributed by atoms with Gasteiger partial charge in [-0.25, -0.2) is 0 Å². The third-order valence-corrected chi connectivity index (χ3v) is 15.5. The minimum Gasteiger partial charge on any atom is -0.310 e. The van der Waals surface area contributed by atoms with Gasteiger partial charge in [0, 0.05) is 54.0 Å². The van der Waals surface area contributed by atoms with Crippen molar-refractivity contribution in [3.05, 3.63) is 254 Å². The first-order valence-electron chi connectivity index (χ1n) is 23.5. The molecule has 0 radical (unpaired) electrons. The van der Waals surface area contributed by atoms with Crippen LogP contribution in [0.3, 0.4) is 0 Å². The summed E-state index contributed by atoms with van der Waals surface area (Å²) in [4.78, 5) is 5.16. The monoisotopic (exact) mass is 886 g/mol. The first kappa shape index (κ1) is 40.1. The first-order chi connectivity index (χ1) is 33.5. The van der Waals surface area contributed by atoms with Gasteiger partial charge in [-0.15, -0.1) is 11.3 Å². The molecule has 0 aliphatic heterocycles. The van der Waals surface area contributed by atoms with E-state index in [1.165, 1.54) is 98.0 Å². The largest absolute Gasteiger partial charge is 0.310 e. The molecular weight excluding hydrogens is 841 g/mol. The molecule has 0 N–H and O–H groups in total. The Kier molecular flexibility index (Phi) is 9.42. The zero-order valence-corrected chi connectivity index (χ0v) is 38.7. The van der Waals surface area contributed by atoms with Crippen LogP contribution in [0, 0.1) is 0 Å². The van der Waals surface area contributed by atoms with E-state index < -0.39 is 0 Å². The molecule has 0 amide bonds. The van der Waals surface area contributed by atoms with E-state index in [0.717, 1.165) is 22.7 Å². The molecule has 68 heavy (non-hydrogen) atoms. The fraction of sp³-hybridized carbons (Fsp3) is 0.0462. The van der Waals surface area contributed by atoms with Gasteiger partial charge in [-0.05, 0) is 110 Å². The molecule has 3 heteroatoms. The first-order valence-corrected chi connectivity index (χ1v) is 24.3. The second-order valence-electron chi connectivity index (χ2n) is 18.4. The molecule has 1 aliphatic rings. The number of thiophene rings is 1.